The van der Waals surface area contributed by atoms with Crippen molar-refractivity contribution in [2.75, 3.05) is 0 Å². The first-order valence-electron chi connectivity index (χ1n) is 8.74. The van der Waals surface area contributed by atoms with Crippen molar-refractivity contribution in [2.24, 2.45) is 0 Å². The topological polar surface area (TPSA) is 108 Å². The van der Waals surface area contributed by atoms with Crippen molar-refractivity contribution in [1.82, 2.24) is 21.3 Å². The molecule has 4 amide bonds. The minimum atomic E-state index is -1.09. The summed E-state index contributed by atoms with van der Waals surface area (Å²) in [6.45, 7) is 2.89. The monoisotopic (exact) mass is 382 g/mol. The Morgan fingerprint density at radius 1 is 0.893 bits per heavy atom. The van der Waals surface area contributed by atoms with Gasteiger partial charge in [-0.2, -0.15) is 5.12 Å². The molecule has 2 rings (SSSR count). The van der Waals surface area contributed by atoms with Crippen molar-refractivity contribution >= 4 is 23.6 Å². The smallest absolute Gasteiger partial charge is 0.287 e. The number of hydrazine groups is 2. The average molecular weight is 382 g/mol. The molecule has 1 atom stereocenters. The second kappa shape index (κ2) is 9.86. The highest BCUT2D eigenvalue weighted by atomic mass is 16.2. The molecule has 1 unspecified atom stereocenters. The highest BCUT2D eigenvalue weighted by Gasteiger charge is 2.29. The predicted octanol–water partition coefficient (Wildman–Crippen LogP) is 1.48. The standard InChI is InChI=1S/C20H22N4O4/c1-3-17(26)22-24(23-19(27)16-12-8-5-9-13-16)20(28)18(21-14(2)25)15-10-6-4-7-11-15/h4-13,18H,3H2,1-2H3,(H,21,25)(H,22,26)(H,23,27). The summed E-state index contributed by atoms with van der Waals surface area (Å²) in [5.74, 6) is -2.21. The Bertz CT molecular complexity index is 840. The second-order valence-electron chi connectivity index (χ2n) is 5.91. The maximum Gasteiger partial charge on any atom is 0.287 e. The van der Waals surface area contributed by atoms with Crippen LogP contribution >= 0.6 is 0 Å². The summed E-state index contributed by atoms with van der Waals surface area (Å²) in [4.78, 5) is 49.0. The number of benzene rings is 2. The first kappa shape index (κ1) is 20.6. The van der Waals surface area contributed by atoms with E-state index in [2.05, 4.69) is 16.2 Å². The second-order valence-corrected chi connectivity index (χ2v) is 5.91. The van der Waals surface area contributed by atoms with Crippen molar-refractivity contribution in [3.63, 3.8) is 0 Å². The van der Waals surface area contributed by atoms with Gasteiger partial charge >= 0.3 is 0 Å². The fourth-order valence-corrected chi connectivity index (χ4v) is 2.36. The highest BCUT2D eigenvalue weighted by molar-refractivity contribution is 5.97. The van der Waals surface area contributed by atoms with Gasteiger partial charge in [0.05, 0.1) is 0 Å². The van der Waals surface area contributed by atoms with E-state index in [1.54, 1.807) is 67.6 Å². The van der Waals surface area contributed by atoms with Gasteiger partial charge in [-0.15, -0.1) is 0 Å². The third kappa shape index (κ3) is 5.66. The van der Waals surface area contributed by atoms with E-state index in [4.69, 9.17) is 0 Å². The Kier molecular flexibility index (Phi) is 7.27. The van der Waals surface area contributed by atoms with E-state index < -0.39 is 29.7 Å². The van der Waals surface area contributed by atoms with Crippen LogP contribution in [0.25, 0.3) is 0 Å². The Morgan fingerprint density at radius 3 is 2.00 bits per heavy atom. The summed E-state index contributed by atoms with van der Waals surface area (Å²) in [7, 11) is 0. The molecule has 0 saturated heterocycles. The number of carbonyl (C=O) groups is 4. The normalized spacial score (nSPS) is 11.1. The van der Waals surface area contributed by atoms with Crippen LogP contribution < -0.4 is 16.2 Å². The van der Waals surface area contributed by atoms with Crippen LogP contribution in [0, 0.1) is 0 Å². The highest BCUT2D eigenvalue weighted by Crippen LogP contribution is 2.15. The van der Waals surface area contributed by atoms with Gasteiger partial charge in [-0.25, -0.2) is 10.9 Å². The van der Waals surface area contributed by atoms with Gasteiger partial charge in [-0.3, -0.25) is 19.2 Å². The van der Waals surface area contributed by atoms with Gasteiger partial charge in [0.1, 0.15) is 6.04 Å². The van der Waals surface area contributed by atoms with E-state index in [9.17, 15) is 19.2 Å². The molecule has 28 heavy (non-hydrogen) atoms. The molecule has 0 aliphatic rings. The van der Waals surface area contributed by atoms with Crippen LogP contribution in [0.5, 0.6) is 0 Å². The summed E-state index contributed by atoms with van der Waals surface area (Å²) >= 11 is 0. The van der Waals surface area contributed by atoms with Crippen molar-refractivity contribution in [1.29, 1.82) is 0 Å². The predicted molar refractivity (Wildman–Crippen MR) is 102 cm³/mol. The summed E-state index contributed by atoms with van der Waals surface area (Å²) in [5.41, 5.74) is 5.55. The van der Waals surface area contributed by atoms with Crippen LogP contribution in [0.4, 0.5) is 0 Å². The lowest BCUT2D eigenvalue weighted by molar-refractivity contribution is -0.147. The zero-order chi connectivity index (χ0) is 20.5. The summed E-state index contributed by atoms with van der Waals surface area (Å²) < 4.78 is 0. The zero-order valence-electron chi connectivity index (χ0n) is 15.6. The number of nitrogens with zero attached hydrogens (tertiary/aromatic N) is 1. The molecule has 0 aliphatic heterocycles. The number of hydrogen-bond acceptors (Lipinski definition) is 4. The van der Waals surface area contributed by atoms with Crippen LogP contribution in [-0.2, 0) is 14.4 Å². The molecule has 0 heterocycles. The molecule has 0 aromatic heterocycles. The molecule has 0 bridgehead atoms. The van der Waals surface area contributed by atoms with Crippen LogP contribution in [0.15, 0.2) is 60.7 Å². The number of amides is 4. The van der Waals surface area contributed by atoms with Crippen molar-refractivity contribution < 1.29 is 19.2 Å². The third-order valence-corrected chi connectivity index (χ3v) is 3.75. The molecule has 0 radical (unpaired) electrons. The molecule has 2 aromatic carbocycles. The van der Waals surface area contributed by atoms with E-state index in [1.165, 1.54) is 6.92 Å². The number of nitrogens with one attached hydrogen (secondary N) is 3. The van der Waals surface area contributed by atoms with Crippen LogP contribution in [0.3, 0.4) is 0 Å². The average Bonchev–Trinajstić information content (AvgIpc) is 2.72. The molecule has 0 fully saturated rings. The molecule has 3 N–H and O–H groups in total. The van der Waals surface area contributed by atoms with Gasteiger partial charge in [0.15, 0.2) is 0 Å². The first-order chi connectivity index (χ1) is 13.4. The van der Waals surface area contributed by atoms with E-state index in [-0.39, 0.29) is 6.42 Å². The van der Waals surface area contributed by atoms with Gasteiger partial charge in [0.25, 0.3) is 11.8 Å². The van der Waals surface area contributed by atoms with Gasteiger partial charge in [-0.1, -0.05) is 55.5 Å². The van der Waals surface area contributed by atoms with Crippen molar-refractivity contribution in [3.8, 4) is 0 Å². The quantitative estimate of drug-likeness (QED) is 0.681. The lowest BCUT2D eigenvalue weighted by atomic mass is 10.1. The molecular weight excluding hydrogens is 360 g/mol. The fourth-order valence-electron chi connectivity index (χ4n) is 2.36. The first-order valence-corrected chi connectivity index (χ1v) is 8.74. The van der Waals surface area contributed by atoms with Crippen LogP contribution in [0.1, 0.15) is 42.2 Å². The lowest BCUT2D eigenvalue weighted by Gasteiger charge is -2.28. The number of rotatable bonds is 5. The Hall–Kier alpha value is -3.68. The van der Waals surface area contributed by atoms with Gasteiger partial charge in [0, 0.05) is 18.9 Å². The van der Waals surface area contributed by atoms with E-state index in [0.29, 0.717) is 11.1 Å². The minimum Gasteiger partial charge on any atom is -0.341 e. The van der Waals surface area contributed by atoms with Crippen LogP contribution in [0.2, 0.25) is 0 Å². The maximum absolute atomic E-state index is 13.1. The molecule has 2 aromatic rings. The fraction of sp³-hybridized carbons (Fsp3) is 0.200. The van der Waals surface area contributed by atoms with Crippen molar-refractivity contribution in [3.05, 3.63) is 71.8 Å². The molecule has 0 spiro atoms. The minimum absolute atomic E-state index is 0.0983. The number of hydrogen-bond donors (Lipinski definition) is 3. The largest absolute Gasteiger partial charge is 0.341 e. The van der Waals surface area contributed by atoms with Gasteiger partial charge < -0.3 is 5.32 Å². The van der Waals surface area contributed by atoms with E-state index in [1.807, 2.05) is 0 Å². The molecule has 8 heteroatoms. The van der Waals surface area contributed by atoms with E-state index >= 15 is 0 Å². The summed E-state index contributed by atoms with van der Waals surface area (Å²) in [6.07, 6.45) is 0.0983. The maximum atomic E-state index is 13.1. The number of carbonyl (C=O) groups excluding carboxylic acids is 4. The molecular formula is C20H22N4O4. The molecule has 0 aliphatic carbocycles. The molecule has 0 saturated carbocycles. The third-order valence-electron chi connectivity index (χ3n) is 3.75. The summed E-state index contributed by atoms with van der Waals surface area (Å²) in [6, 6.07) is 15.7. The van der Waals surface area contributed by atoms with E-state index in [0.717, 1.165) is 5.12 Å². The lowest BCUT2D eigenvalue weighted by Crippen LogP contribution is -2.58. The molecule has 146 valence electrons. The SMILES string of the molecule is CCC(=O)NN(NC(=O)c1ccccc1)C(=O)C(NC(C)=O)c1ccccc1. The Balaban J connectivity index is 2.31. The molecule has 8 nitrogen and oxygen atoms in total. The zero-order valence-corrected chi connectivity index (χ0v) is 15.6. The summed E-state index contributed by atoms with van der Waals surface area (Å²) in [5, 5.41) is 3.26. The Labute approximate surface area is 162 Å². The van der Waals surface area contributed by atoms with Crippen LogP contribution in [-0.4, -0.2) is 28.7 Å². The Morgan fingerprint density at radius 2 is 1.46 bits per heavy atom. The van der Waals surface area contributed by atoms with Gasteiger partial charge in [0.2, 0.25) is 11.8 Å². The van der Waals surface area contributed by atoms with Crippen molar-refractivity contribution in [2.45, 2.75) is 26.3 Å². The van der Waals surface area contributed by atoms with Gasteiger partial charge in [-0.05, 0) is 17.7 Å².